The fraction of sp³-hybridized carbons (Fsp3) is 0.375. The van der Waals surface area contributed by atoms with Gasteiger partial charge in [-0.05, 0) is 25.1 Å². The summed E-state index contributed by atoms with van der Waals surface area (Å²) in [6.07, 6.45) is 0. The van der Waals surface area contributed by atoms with E-state index in [2.05, 4.69) is 27.2 Å². The smallest absolute Gasteiger partial charge is 0.234 e. The van der Waals surface area contributed by atoms with E-state index in [9.17, 15) is 9.18 Å². The fourth-order valence-corrected chi connectivity index (χ4v) is 6.24. The van der Waals surface area contributed by atoms with Gasteiger partial charge in [0.1, 0.15) is 11.2 Å². The van der Waals surface area contributed by atoms with Gasteiger partial charge in [0.25, 0.3) is 0 Å². The maximum absolute atomic E-state index is 14.4. The molecule has 1 atom stereocenters. The van der Waals surface area contributed by atoms with Gasteiger partial charge in [0.2, 0.25) is 11.9 Å². The van der Waals surface area contributed by atoms with Gasteiger partial charge < -0.3 is 14.5 Å². The summed E-state index contributed by atoms with van der Waals surface area (Å²) in [4.78, 5) is 17.1. The Morgan fingerprint density at radius 2 is 1.88 bits per heavy atom. The van der Waals surface area contributed by atoms with Crippen LogP contribution >= 0.6 is 23.5 Å². The van der Waals surface area contributed by atoms with Gasteiger partial charge in [-0.25, -0.2) is 4.39 Å². The number of anilines is 1. The van der Waals surface area contributed by atoms with E-state index in [1.807, 2.05) is 29.7 Å². The third-order valence-corrected chi connectivity index (χ3v) is 8.07. The van der Waals surface area contributed by atoms with Crippen LogP contribution in [0.2, 0.25) is 0 Å². The van der Waals surface area contributed by atoms with Crippen molar-refractivity contribution < 1.29 is 13.9 Å². The molecule has 0 radical (unpaired) electrons. The van der Waals surface area contributed by atoms with Crippen LogP contribution in [0.1, 0.15) is 16.5 Å². The predicted octanol–water partition coefficient (Wildman–Crippen LogP) is 3.92. The number of halogens is 1. The van der Waals surface area contributed by atoms with Crippen LogP contribution in [-0.2, 0) is 9.53 Å². The van der Waals surface area contributed by atoms with Gasteiger partial charge in [0.15, 0.2) is 5.16 Å². The highest BCUT2D eigenvalue weighted by Crippen LogP contribution is 2.39. The summed E-state index contributed by atoms with van der Waals surface area (Å²) in [6.45, 7) is 5.42. The SMILES string of the molecule is Cc1ccc(-n2c(SCC(=O)N3CCSC3c3ccccc3F)nnc2N2CCOCC2)cc1. The summed E-state index contributed by atoms with van der Waals surface area (Å²) in [5.41, 5.74) is 2.67. The number of aromatic nitrogens is 3. The maximum atomic E-state index is 14.4. The lowest BCUT2D eigenvalue weighted by Gasteiger charge is -2.28. The fourth-order valence-electron chi connectivity index (χ4n) is 4.11. The Bertz CT molecular complexity index is 1150. The van der Waals surface area contributed by atoms with Crippen LogP contribution < -0.4 is 4.90 Å². The lowest BCUT2D eigenvalue weighted by molar-refractivity contribution is -0.128. The normalized spacial score (nSPS) is 18.5. The molecule has 34 heavy (non-hydrogen) atoms. The Balaban J connectivity index is 1.37. The first kappa shape index (κ1) is 23.2. The molecule has 5 rings (SSSR count). The number of benzene rings is 2. The Labute approximate surface area is 206 Å². The number of aryl methyl sites for hydroxylation is 1. The first-order valence-corrected chi connectivity index (χ1v) is 13.3. The van der Waals surface area contributed by atoms with Crippen molar-refractivity contribution in [1.29, 1.82) is 0 Å². The van der Waals surface area contributed by atoms with Crippen LogP contribution in [0.5, 0.6) is 0 Å². The average Bonchev–Trinajstić information content (AvgIpc) is 3.52. The second kappa shape index (κ2) is 10.4. The van der Waals surface area contributed by atoms with Crippen LogP contribution in [0.25, 0.3) is 5.69 Å². The average molecular weight is 500 g/mol. The zero-order valence-corrected chi connectivity index (χ0v) is 20.5. The van der Waals surface area contributed by atoms with Crippen molar-refractivity contribution >= 4 is 35.4 Å². The Kier molecular flexibility index (Phi) is 7.07. The standard InChI is InChI=1S/C24H26FN5O2S2/c1-17-6-8-18(9-7-17)30-23(28-10-13-32-14-11-28)26-27-24(30)34-16-21(31)29-12-15-33-22(29)19-4-2-3-5-20(19)25/h2-9,22H,10-16H2,1H3. The Hall–Kier alpha value is -2.56. The third kappa shape index (κ3) is 4.80. The molecule has 1 amide bonds. The predicted molar refractivity (Wildman–Crippen MR) is 133 cm³/mol. The van der Waals surface area contributed by atoms with E-state index >= 15 is 0 Å². The number of hydrogen-bond acceptors (Lipinski definition) is 7. The monoisotopic (exact) mass is 499 g/mol. The molecule has 2 fully saturated rings. The molecule has 2 saturated heterocycles. The van der Waals surface area contributed by atoms with Crippen molar-refractivity contribution in [1.82, 2.24) is 19.7 Å². The summed E-state index contributed by atoms with van der Waals surface area (Å²) >= 11 is 2.96. The molecule has 2 aliphatic rings. The Morgan fingerprint density at radius 3 is 2.65 bits per heavy atom. The van der Waals surface area contributed by atoms with Gasteiger partial charge in [0, 0.05) is 31.0 Å². The van der Waals surface area contributed by atoms with E-state index in [-0.39, 0.29) is 22.9 Å². The lowest BCUT2D eigenvalue weighted by atomic mass is 10.2. The van der Waals surface area contributed by atoms with Gasteiger partial charge in [-0.15, -0.1) is 22.0 Å². The first-order chi connectivity index (χ1) is 16.6. The van der Waals surface area contributed by atoms with Crippen LogP contribution in [0.15, 0.2) is 53.7 Å². The lowest BCUT2D eigenvalue weighted by Crippen LogP contribution is -2.38. The topological polar surface area (TPSA) is 63.5 Å². The van der Waals surface area contributed by atoms with Crippen molar-refractivity contribution in [2.24, 2.45) is 0 Å². The minimum Gasteiger partial charge on any atom is -0.378 e. The van der Waals surface area contributed by atoms with Gasteiger partial charge >= 0.3 is 0 Å². The molecule has 3 heterocycles. The molecule has 178 valence electrons. The number of amides is 1. The molecule has 2 aliphatic heterocycles. The highest BCUT2D eigenvalue weighted by Gasteiger charge is 2.32. The van der Waals surface area contributed by atoms with E-state index in [0.717, 1.165) is 30.5 Å². The molecular formula is C24H26FN5O2S2. The molecule has 7 nitrogen and oxygen atoms in total. The van der Waals surface area contributed by atoms with Crippen LogP contribution in [-0.4, -0.2) is 69.9 Å². The van der Waals surface area contributed by atoms with E-state index in [4.69, 9.17) is 4.74 Å². The van der Waals surface area contributed by atoms with Crippen LogP contribution in [0, 0.1) is 12.7 Å². The molecule has 0 saturated carbocycles. The second-order valence-corrected chi connectivity index (χ2v) is 10.3. The highest BCUT2D eigenvalue weighted by atomic mass is 32.2. The zero-order valence-electron chi connectivity index (χ0n) is 18.9. The van der Waals surface area contributed by atoms with Crippen LogP contribution in [0.4, 0.5) is 10.3 Å². The molecular weight excluding hydrogens is 473 g/mol. The maximum Gasteiger partial charge on any atom is 0.234 e. The molecule has 0 N–H and O–H groups in total. The molecule has 1 unspecified atom stereocenters. The third-order valence-electron chi connectivity index (χ3n) is 5.91. The minimum atomic E-state index is -0.298. The Morgan fingerprint density at radius 1 is 1.12 bits per heavy atom. The quantitative estimate of drug-likeness (QED) is 0.477. The molecule has 0 bridgehead atoms. The first-order valence-electron chi connectivity index (χ1n) is 11.3. The van der Waals surface area contributed by atoms with E-state index in [0.29, 0.717) is 30.5 Å². The summed E-state index contributed by atoms with van der Waals surface area (Å²) in [5.74, 6) is 1.44. The molecule has 3 aromatic rings. The van der Waals surface area contributed by atoms with Gasteiger partial charge in [-0.1, -0.05) is 47.7 Å². The number of nitrogens with zero attached hydrogens (tertiary/aromatic N) is 5. The summed E-state index contributed by atoms with van der Waals surface area (Å²) in [5, 5.41) is 9.27. The minimum absolute atomic E-state index is 0.0327. The summed E-state index contributed by atoms with van der Waals surface area (Å²) in [6, 6.07) is 14.9. The van der Waals surface area contributed by atoms with E-state index in [1.165, 1.54) is 23.4 Å². The molecule has 1 aromatic heterocycles. The number of thioether (sulfide) groups is 2. The summed E-state index contributed by atoms with van der Waals surface area (Å²) in [7, 11) is 0. The van der Waals surface area contributed by atoms with Crippen molar-refractivity contribution in [2.75, 3.05) is 49.3 Å². The van der Waals surface area contributed by atoms with Crippen molar-refractivity contribution in [3.8, 4) is 5.69 Å². The van der Waals surface area contributed by atoms with Crippen molar-refractivity contribution in [2.45, 2.75) is 17.5 Å². The van der Waals surface area contributed by atoms with Crippen molar-refractivity contribution in [3.63, 3.8) is 0 Å². The van der Waals surface area contributed by atoms with Crippen LogP contribution in [0.3, 0.4) is 0 Å². The summed E-state index contributed by atoms with van der Waals surface area (Å²) < 4.78 is 21.9. The van der Waals surface area contributed by atoms with Gasteiger partial charge in [0.05, 0.1) is 24.7 Å². The molecule has 0 spiro atoms. The largest absolute Gasteiger partial charge is 0.378 e. The van der Waals surface area contributed by atoms with E-state index < -0.39 is 0 Å². The number of morpholine rings is 1. The number of rotatable bonds is 6. The van der Waals surface area contributed by atoms with Crippen molar-refractivity contribution in [3.05, 3.63) is 65.5 Å². The number of hydrogen-bond donors (Lipinski definition) is 0. The number of carbonyl (C=O) groups is 1. The number of ether oxygens (including phenoxy) is 1. The van der Waals surface area contributed by atoms with E-state index in [1.54, 1.807) is 28.8 Å². The number of carbonyl (C=O) groups excluding carboxylic acids is 1. The second-order valence-electron chi connectivity index (χ2n) is 8.17. The molecule has 2 aromatic carbocycles. The highest BCUT2D eigenvalue weighted by molar-refractivity contribution is 8.00. The molecule has 10 heteroatoms. The zero-order chi connectivity index (χ0) is 23.5. The van der Waals surface area contributed by atoms with Gasteiger partial charge in [-0.3, -0.25) is 9.36 Å². The molecule has 0 aliphatic carbocycles. The van der Waals surface area contributed by atoms with Gasteiger partial charge in [-0.2, -0.15) is 0 Å².